The van der Waals surface area contributed by atoms with Gasteiger partial charge in [0, 0.05) is 18.0 Å². The number of likely N-dealkylation sites (tertiary alicyclic amines) is 1. The fraction of sp³-hybridized carbons (Fsp3) is 0.467. The second-order valence-corrected chi connectivity index (χ2v) is 5.82. The summed E-state index contributed by atoms with van der Waals surface area (Å²) in [5.41, 5.74) is 7.60. The maximum atomic E-state index is 6.57. The Morgan fingerprint density at radius 2 is 2.35 bits per heavy atom. The molecule has 1 aromatic carbocycles. The Morgan fingerprint density at radius 1 is 1.55 bits per heavy atom. The minimum atomic E-state index is 0.282. The molecule has 0 radical (unpaired) electrons. The fourth-order valence-corrected chi connectivity index (χ4v) is 3.46. The highest BCUT2D eigenvalue weighted by molar-refractivity contribution is 6.36. The zero-order valence-electron chi connectivity index (χ0n) is 11.7. The second kappa shape index (κ2) is 5.28. The van der Waals surface area contributed by atoms with Crippen LogP contribution in [-0.4, -0.2) is 32.1 Å². The Hall–Kier alpha value is -1.23. The summed E-state index contributed by atoms with van der Waals surface area (Å²) < 4.78 is 10.9. The quantitative estimate of drug-likeness (QED) is 0.945. The molecule has 4 nitrogen and oxygen atoms in total. The van der Waals surface area contributed by atoms with Gasteiger partial charge in [-0.3, -0.25) is 4.90 Å². The van der Waals surface area contributed by atoms with E-state index in [9.17, 15) is 0 Å². The molecule has 5 heteroatoms. The molecular formula is C15H19ClN2O2. The van der Waals surface area contributed by atoms with Crippen LogP contribution in [0.2, 0.25) is 5.02 Å². The molecule has 2 unspecified atom stereocenters. The zero-order chi connectivity index (χ0) is 14.3. The van der Waals surface area contributed by atoms with E-state index < -0.39 is 0 Å². The van der Waals surface area contributed by atoms with Gasteiger partial charge in [0.15, 0.2) is 11.3 Å². The Kier molecular flexibility index (Phi) is 3.63. The first-order valence-electron chi connectivity index (χ1n) is 6.79. The highest BCUT2D eigenvalue weighted by atomic mass is 35.5. The van der Waals surface area contributed by atoms with Crippen molar-refractivity contribution in [2.75, 3.05) is 27.2 Å². The van der Waals surface area contributed by atoms with Gasteiger partial charge in [-0.15, -0.1) is 0 Å². The number of nitrogens with zero attached hydrogens (tertiary/aromatic N) is 1. The van der Waals surface area contributed by atoms with Gasteiger partial charge in [-0.25, -0.2) is 0 Å². The summed E-state index contributed by atoms with van der Waals surface area (Å²) in [6, 6.07) is 4.16. The molecule has 1 fully saturated rings. The number of hydrogen-bond donors (Lipinski definition) is 1. The van der Waals surface area contributed by atoms with Crippen LogP contribution in [0.25, 0.3) is 11.0 Å². The molecule has 0 saturated carbocycles. The lowest BCUT2D eigenvalue weighted by Gasteiger charge is -2.21. The Bertz CT molecular complexity index is 626. The van der Waals surface area contributed by atoms with Crippen molar-refractivity contribution in [1.29, 1.82) is 0 Å². The monoisotopic (exact) mass is 294 g/mol. The standard InChI is InChI=1S/C15H19ClN2O2/c1-18-8-9(7-17)5-12(18)11-6-13(19-2)15-10(14(11)16)3-4-20-15/h3-4,6,9,12H,5,7-8,17H2,1-2H3. The molecule has 0 aliphatic carbocycles. The van der Waals surface area contributed by atoms with E-state index >= 15 is 0 Å². The summed E-state index contributed by atoms with van der Waals surface area (Å²) in [7, 11) is 3.76. The lowest BCUT2D eigenvalue weighted by molar-refractivity contribution is 0.313. The summed E-state index contributed by atoms with van der Waals surface area (Å²) in [6.07, 6.45) is 2.67. The molecule has 2 aromatic rings. The van der Waals surface area contributed by atoms with Crippen molar-refractivity contribution in [1.82, 2.24) is 4.90 Å². The van der Waals surface area contributed by atoms with Crippen molar-refractivity contribution in [3.05, 3.63) is 29.0 Å². The highest BCUT2D eigenvalue weighted by Gasteiger charge is 2.32. The first kappa shape index (κ1) is 13.7. The van der Waals surface area contributed by atoms with E-state index in [2.05, 4.69) is 11.9 Å². The molecule has 2 atom stereocenters. The smallest absolute Gasteiger partial charge is 0.177 e. The number of hydrogen-bond acceptors (Lipinski definition) is 4. The average molecular weight is 295 g/mol. The number of benzene rings is 1. The number of methoxy groups -OCH3 is 1. The van der Waals surface area contributed by atoms with Gasteiger partial charge in [-0.05, 0) is 43.6 Å². The van der Waals surface area contributed by atoms with Gasteiger partial charge in [0.25, 0.3) is 0 Å². The summed E-state index contributed by atoms with van der Waals surface area (Å²) in [5.74, 6) is 1.25. The van der Waals surface area contributed by atoms with E-state index in [0.29, 0.717) is 18.0 Å². The molecule has 3 rings (SSSR count). The molecule has 1 saturated heterocycles. The number of nitrogens with two attached hydrogens (primary N) is 1. The molecule has 0 bridgehead atoms. The van der Waals surface area contributed by atoms with Gasteiger partial charge < -0.3 is 14.9 Å². The summed E-state index contributed by atoms with van der Waals surface area (Å²) >= 11 is 6.57. The molecule has 2 N–H and O–H groups in total. The minimum Gasteiger partial charge on any atom is -0.493 e. The van der Waals surface area contributed by atoms with E-state index in [-0.39, 0.29) is 6.04 Å². The van der Waals surface area contributed by atoms with Gasteiger partial charge in [-0.2, -0.15) is 0 Å². The van der Waals surface area contributed by atoms with Crippen LogP contribution in [-0.2, 0) is 0 Å². The molecular weight excluding hydrogens is 276 g/mol. The van der Waals surface area contributed by atoms with E-state index in [4.69, 9.17) is 26.5 Å². The summed E-state index contributed by atoms with van der Waals surface area (Å²) in [6.45, 7) is 1.72. The fourth-order valence-electron chi connectivity index (χ4n) is 3.13. The van der Waals surface area contributed by atoms with Crippen LogP contribution in [0.3, 0.4) is 0 Å². The third-order valence-electron chi connectivity index (χ3n) is 4.21. The zero-order valence-corrected chi connectivity index (χ0v) is 12.5. The van der Waals surface area contributed by atoms with Gasteiger partial charge in [0.1, 0.15) is 0 Å². The minimum absolute atomic E-state index is 0.282. The van der Waals surface area contributed by atoms with Crippen molar-refractivity contribution in [3.63, 3.8) is 0 Å². The molecule has 1 aliphatic rings. The molecule has 108 valence electrons. The van der Waals surface area contributed by atoms with Crippen LogP contribution in [0, 0.1) is 5.92 Å². The predicted octanol–water partition coefficient (Wildman–Crippen LogP) is 3.05. The average Bonchev–Trinajstić information content (AvgIpc) is 3.06. The van der Waals surface area contributed by atoms with Crippen LogP contribution in [0.5, 0.6) is 5.75 Å². The van der Waals surface area contributed by atoms with Crippen molar-refractivity contribution in [2.24, 2.45) is 11.7 Å². The van der Waals surface area contributed by atoms with Crippen LogP contribution in [0.1, 0.15) is 18.0 Å². The second-order valence-electron chi connectivity index (χ2n) is 5.44. The highest BCUT2D eigenvalue weighted by Crippen LogP contribution is 2.43. The maximum absolute atomic E-state index is 6.57. The topological polar surface area (TPSA) is 51.6 Å². The number of rotatable bonds is 3. The van der Waals surface area contributed by atoms with Crippen LogP contribution in [0.4, 0.5) is 0 Å². The Morgan fingerprint density at radius 3 is 3.00 bits per heavy atom. The van der Waals surface area contributed by atoms with Gasteiger partial charge >= 0.3 is 0 Å². The van der Waals surface area contributed by atoms with E-state index in [1.165, 1.54) is 0 Å². The molecule has 1 aliphatic heterocycles. The van der Waals surface area contributed by atoms with Crippen LogP contribution >= 0.6 is 11.6 Å². The largest absolute Gasteiger partial charge is 0.493 e. The Balaban J connectivity index is 2.09. The predicted molar refractivity (Wildman–Crippen MR) is 80.3 cm³/mol. The number of fused-ring (bicyclic) bond motifs is 1. The third kappa shape index (κ3) is 2.08. The van der Waals surface area contributed by atoms with Gasteiger partial charge in [-0.1, -0.05) is 11.6 Å². The van der Waals surface area contributed by atoms with E-state index in [1.807, 2.05) is 12.1 Å². The van der Waals surface area contributed by atoms with Gasteiger partial charge in [0.05, 0.1) is 18.4 Å². The van der Waals surface area contributed by atoms with Crippen molar-refractivity contribution in [3.8, 4) is 5.75 Å². The molecule has 0 spiro atoms. The molecule has 0 amide bonds. The van der Waals surface area contributed by atoms with Crippen molar-refractivity contribution in [2.45, 2.75) is 12.5 Å². The van der Waals surface area contributed by atoms with Crippen molar-refractivity contribution < 1.29 is 9.15 Å². The Labute approximate surface area is 123 Å². The number of ether oxygens (including phenoxy) is 1. The molecule has 20 heavy (non-hydrogen) atoms. The number of halogens is 1. The first-order chi connectivity index (χ1) is 9.65. The molecule has 1 aromatic heterocycles. The normalized spacial score (nSPS) is 23.6. The lowest BCUT2D eigenvalue weighted by atomic mass is 9.98. The SMILES string of the molecule is COc1cc(C2CC(CN)CN2C)c(Cl)c2ccoc12. The first-order valence-corrected chi connectivity index (χ1v) is 7.17. The van der Waals surface area contributed by atoms with Crippen LogP contribution < -0.4 is 10.5 Å². The van der Waals surface area contributed by atoms with E-state index in [0.717, 1.165) is 34.7 Å². The maximum Gasteiger partial charge on any atom is 0.177 e. The number of furan rings is 1. The van der Waals surface area contributed by atoms with Crippen LogP contribution in [0.15, 0.2) is 22.8 Å². The third-order valence-corrected chi connectivity index (χ3v) is 4.63. The van der Waals surface area contributed by atoms with Crippen molar-refractivity contribution >= 4 is 22.6 Å². The summed E-state index contributed by atoms with van der Waals surface area (Å²) in [5, 5.41) is 1.66. The van der Waals surface area contributed by atoms with E-state index in [1.54, 1.807) is 13.4 Å². The van der Waals surface area contributed by atoms with Gasteiger partial charge in [0.2, 0.25) is 0 Å². The summed E-state index contributed by atoms with van der Waals surface area (Å²) in [4.78, 5) is 2.31. The lowest BCUT2D eigenvalue weighted by Crippen LogP contribution is -2.20. The molecule has 2 heterocycles.